The van der Waals surface area contributed by atoms with Crippen molar-refractivity contribution >= 4 is 45.5 Å². The van der Waals surface area contributed by atoms with Crippen LogP contribution in [-0.4, -0.2) is 26.6 Å². The fraction of sp³-hybridized carbons (Fsp3) is 0.0952. The number of nitrogens with one attached hydrogen (secondary N) is 1. The summed E-state index contributed by atoms with van der Waals surface area (Å²) in [6.07, 6.45) is 4.82. The van der Waals surface area contributed by atoms with Crippen molar-refractivity contribution in [1.29, 1.82) is 5.26 Å². The minimum Gasteiger partial charge on any atom is -0.354 e. The summed E-state index contributed by atoms with van der Waals surface area (Å²) in [4.78, 5) is 26.7. The average Bonchev–Trinajstić information content (AvgIpc) is 2.76. The Morgan fingerprint density at radius 3 is 2.63 bits per heavy atom. The molecule has 1 aromatic carbocycles. The van der Waals surface area contributed by atoms with Crippen molar-refractivity contribution in [2.24, 2.45) is 7.05 Å². The quantitative estimate of drug-likeness (QED) is 0.504. The van der Waals surface area contributed by atoms with Gasteiger partial charge in [0.2, 0.25) is 5.95 Å². The van der Waals surface area contributed by atoms with Gasteiger partial charge >= 0.3 is 0 Å². The van der Waals surface area contributed by atoms with E-state index in [0.29, 0.717) is 17.3 Å². The first kappa shape index (κ1) is 19.4. The van der Waals surface area contributed by atoms with Crippen molar-refractivity contribution in [1.82, 2.24) is 19.5 Å². The van der Waals surface area contributed by atoms with Crippen molar-refractivity contribution < 1.29 is 0 Å². The molecule has 3 aromatic heterocycles. The lowest BCUT2D eigenvalue weighted by atomic mass is 10.1. The predicted octanol–water partition coefficient (Wildman–Crippen LogP) is 3.76. The van der Waals surface area contributed by atoms with E-state index < -0.39 is 0 Å². The Morgan fingerprint density at radius 1 is 1.13 bits per heavy atom. The molecule has 148 valence electrons. The number of rotatable bonds is 4. The Morgan fingerprint density at radius 2 is 1.90 bits per heavy atom. The second-order valence-corrected chi connectivity index (χ2v) is 6.89. The Bertz CT molecular complexity index is 1350. The maximum atomic E-state index is 12.5. The van der Waals surface area contributed by atoms with Gasteiger partial charge in [0.05, 0.1) is 16.9 Å². The largest absolute Gasteiger partial charge is 0.354 e. The number of fused-ring (bicyclic) bond motifs is 1. The minimum absolute atomic E-state index is 0.132. The summed E-state index contributed by atoms with van der Waals surface area (Å²) in [6.45, 7) is 0. The summed E-state index contributed by atoms with van der Waals surface area (Å²) in [6, 6.07) is 12.6. The number of aryl methyl sites for hydroxylation is 1. The van der Waals surface area contributed by atoms with Crippen LogP contribution < -0.4 is 15.8 Å². The van der Waals surface area contributed by atoms with Crippen molar-refractivity contribution in [2.75, 3.05) is 17.3 Å². The topological polar surface area (TPSA) is 99.7 Å². The summed E-state index contributed by atoms with van der Waals surface area (Å²) in [7, 11) is 3.52. The summed E-state index contributed by atoms with van der Waals surface area (Å²) in [5.41, 5.74) is 2.80. The zero-order chi connectivity index (χ0) is 21.3. The molecule has 0 fully saturated rings. The molecule has 9 heteroatoms. The summed E-state index contributed by atoms with van der Waals surface area (Å²) in [5, 5.41) is 13.5. The Hall–Kier alpha value is -3.96. The van der Waals surface area contributed by atoms with Crippen LogP contribution in [0, 0.1) is 11.3 Å². The lowest BCUT2D eigenvalue weighted by molar-refractivity contribution is 0.903. The van der Waals surface area contributed by atoms with Crippen LogP contribution in [0.2, 0.25) is 5.15 Å². The standard InChI is InChI=1S/C21H16ClN7O/c1-28-17-5-4-13(27-16-6-9-24-20(22)15(16)12-23)10-14(17)18(11-19(28)30)29(2)21-25-7-3-8-26-21/h3-11H,1-2H3,(H,24,27). The van der Waals surface area contributed by atoms with E-state index in [4.69, 9.17) is 11.6 Å². The molecule has 0 aliphatic heterocycles. The first-order valence-corrected chi connectivity index (χ1v) is 9.33. The third-order valence-corrected chi connectivity index (χ3v) is 5.02. The molecule has 0 saturated carbocycles. The molecule has 3 heterocycles. The summed E-state index contributed by atoms with van der Waals surface area (Å²) in [5.74, 6) is 0.470. The van der Waals surface area contributed by atoms with Crippen LogP contribution >= 0.6 is 11.6 Å². The minimum atomic E-state index is -0.145. The average molecular weight is 418 g/mol. The van der Waals surface area contributed by atoms with Gasteiger partial charge in [-0.25, -0.2) is 15.0 Å². The van der Waals surface area contributed by atoms with Crippen LogP contribution in [0.4, 0.5) is 23.0 Å². The molecule has 0 unspecified atom stereocenters. The lowest BCUT2D eigenvalue weighted by Crippen LogP contribution is -2.21. The molecule has 0 radical (unpaired) electrons. The molecule has 0 aliphatic carbocycles. The lowest BCUT2D eigenvalue weighted by Gasteiger charge is -2.20. The molecule has 0 bridgehead atoms. The zero-order valence-corrected chi connectivity index (χ0v) is 16.9. The van der Waals surface area contributed by atoms with Crippen LogP contribution in [0.1, 0.15) is 5.56 Å². The predicted molar refractivity (Wildman–Crippen MR) is 117 cm³/mol. The van der Waals surface area contributed by atoms with Crippen molar-refractivity contribution in [3.8, 4) is 6.07 Å². The fourth-order valence-corrected chi connectivity index (χ4v) is 3.37. The number of nitriles is 1. The molecule has 1 N–H and O–H groups in total. The van der Waals surface area contributed by atoms with E-state index in [0.717, 1.165) is 16.6 Å². The van der Waals surface area contributed by atoms with Crippen LogP contribution in [0.5, 0.6) is 0 Å². The van der Waals surface area contributed by atoms with Crippen LogP contribution in [0.15, 0.2) is 59.8 Å². The maximum absolute atomic E-state index is 12.5. The van der Waals surface area contributed by atoms with E-state index in [1.165, 1.54) is 6.20 Å². The number of hydrogen-bond donors (Lipinski definition) is 1. The SMILES string of the molecule is CN(c1ncccn1)c1cc(=O)n(C)c2ccc(Nc3ccnc(Cl)c3C#N)cc12. The van der Waals surface area contributed by atoms with Gasteiger partial charge in [-0.15, -0.1) is 0 Å². The maximum Gasteiger partial charge on any atom is 0.252 e. The highest BCUT2D eigenvalue weighted by Crippen LogP contribution is 2.32. The van der Waals surface area contributed by atoms with Gasteiger partial charge in [0.15, 0.2) is 0 Å². The van der Waals surface area contributed by atoms with Crippen LogP contribution in [0.3, 0.4) is 0 Å². The normalized spacial score (nSPS) is 10.6. The van der Waals surface area contributed by atoms with Gasteiger partial charge in [-0.3, -0.25) is 4.79 Å². The van der Waals surface area contributed by atoms with Gasteiger partial charge in [0.25, 0.3) is 5.56 Å². The molecule has 0 aliphatic rings. The molecular formula is C21H16ClN7O. The highest BCUT2D eigenvalue weighted by atomic mass is 35.5. The third kappa shape index (κ3) is 3.43. The second kappa shape index (κ2) is 7.81. The number of aromatic nitrogens is 4. The van der Waals surface area contributed by atoms with Crippen molar-refractivity contribution in [2.45, 2.75) is 0 Å². The second-order valence-electron chi connectivity index (χ2n) is 6.53. The highest BCUT2D eigenvalue weighted by Gasteiger charge is 2.15. The Balaban J connectivity index is 1.86. The van der Waals surface area contributed by atoms with Crippen LogP contribution in [-0.2, 0) is 7.05 Å². The molecule has 30 heavy (non-hydrogen) atoms. The molecule has 4 aromatic rings. The molecule has 0 atom stereocenters. The van der Waals surface area contributed by atoms with E-state index in [2.05, 4.69) is 26.3 Å². The van der Waals surface area contributed by atoms with Gasteiger partial charge in [-0.1, -0.05) is 11.6 Å². The Kier molecular flexibility index (Phi) is 5.04. The molecule has 8 nitrogen and oxygen atoms in total. The molecule has 0 spiro atoms. The number of halogens is 1. The van der Waals surface area contributed by atoms with E-state index in [-0.39, 0.29) is 16.3 Å². The van der Waals surface area contributed by atoms with Gasteiger partial charge in [0, 0.05) is 49.8 Å². The molecule has 0 saturated heterocycles. The monoisotopic (exact) mass is 417 g/mol. The fourth-order valence-electron chi connectivity index (χ4n) is 3.17. The summed E-state index contributed by atoms with van der Waals surface area (Å²) < 4.78 is 1.58. The first-order valence-electron chi connectivity index (χ1n) is 8.96. The number of nitrogens with zero attached hydrogens (tertiary/aromatic N) is 6. The smallest absolute Gasteiger partial charge is 0.252 e. The molecule has 0 amide bonds. The zero-order valence-electron chi connectivity index (χ0n) is 16.2. The Labute approximate surface area is 177 Å². The molecule has 4 rings (SSSR count). The number of anilines is 4. The first-order chi connectivity index (χ1) is 14.5. The van der Waals surface area contributed by atoms with Gasteiger partial charge < -0.3 is 14.8 Å². The van der Waals surface area contributed by atoms with Crippen molar-refractivity contribution in [3.63, 3.8) is 0 Å². The van der Waals surface area contributed by atoms with Crippen molar-refractivity contribution in [3.05, 3.63) is 76.1 Å². The number of benzene rings is 1. The number of pyridine rings is 2. The van der Waals surface area contributed by atoms with E-state index in [1.807, 2.05) is 18.2 Å². The summed E-state index contributed by atoms with van der Waals surface area (Å²) >= 11 is 6.03. The van der Waals surface area contributed by atoms with E-state index in [9.17, 15) is 10.1 Å². The van der Waals surface area contributed by atoms with E-state index in [1.54, 1.807) is 54.2 Å². The van der Waals surface area contributed by atoms with Crippen LogP contribution in [0.25, 0.3) is 10.9 Å². The third-order valence-electron chi connectivity index (χ3n) is 4.73. The molecular weight excluding hydrogens is 402 g/mol. The van der Waals surface area contributed by atoms with E-state index >= 15 is 0 Å². The van der Waals surface area contributed by atoms with Gasteiger partial charge in [-0.05, 0) is 30.3 Å². The van der Waals surface area contributed by atoms with Gasteiger partial charge in [0.1, 0.15) is 16.8 Å². The number of hydrogen-bond acceptors (Lipinski definition) is 7. The highest BCUT2D eigenvalue weighted by molar-refractivity contribution is 6.31. The van der Waals surface area contributed by atoms with Gasteiger partial charge in [-0.2, -0.15) is 5.26 Å².